The molecule has 0 aliphatic rings. The Morgan fingerprint density at radius 1 is 1.40 bits per heavy atom. The van der Waals surface area contributed by atoms with Gasteiger partial charge in [0.25, 0.3) is 0 Å². The second-order valence-electron chi connectivity index (χ2n) is 3.00. The number of pyridine rings is 1. The molecule has 0 aromatic carbocycles. The van der Waals surface area contributed by atoms with Crippen LogP contribution in [0.3, 0.4) is 0 Å². The average molecular weight is 239 g/mol. The van der Waals surface area contributed by atoms with E-state index in [1.807, 2.05) is 0 Å². The number of hydrogen-bond acceptors (Lipinski definition) is 2. The van der Waals surface area contributed by atoms with Crippen LogP contribution in [0, 0.1) is 0 Å². The molecule has 0 bridgehead atoms. The number of hydrogen-bond donors (Lipinski definition) is 1. The van der Waals surface area contributed by atoms with Gasteiger partial charge in [-0.05, 0) is 6.07 Å². The van der Waals surface area contributed by atoms with Crippen LogP contribution in [0.15, 0.2) is 18.3 Å². The van der Waals surface area contributed by atoms with Crippen LogP contribution in [0.1, 0.15) is 12.0 Å². The molecule has 0 saturated carbocycles. The zero-order valence-corrected chi connectivity index (χ0v) is 8.57. The van der Waals surface area contributed by atoms with Crippen molar-refractivity contribution in [3.05, 3.63) is 29.0 Å². The molecular weight excluding hydrogens is 229 g/mol. The molecule has 2 nitrogen and oxygen atoms in total. The van der Waals surface area contributed by atoms with Gasteiger partial charge in [0.1, 0.15) is 5.15 Å². The van der Waals surface area contributed by atoms with Gasteiger partial charge in [-0.25, -0.2) is 4.98 Å². The zero-order chi connectivity index (χ0) is 11.3. The first-order valence-electron chi connectivity index (χ1n) is 4.36. The third kappa shape index (κ3) is 4.99. The summed E-state index contributed by atoms with van der Waals surface area (Å²) in [5, 5.41) is 2.97. The lowest BCUT2D eigenvalue weighted by Crippen LogP contribution is -2.21. The predicted molar refractivity (Wildman–Crippen MR) is 51.6 cm³/mol. The van der Waals surface area contributed by atoms with Crippen molar-refractivity contribution in [3.8, 4) is 0 Å². The number of rotatable bonds is 4. The first kappa shape index (κ1) is 12.3. The molecular formula is C9H10ClF3N2. The van der Waals surface area contributed by atoms with E-state index in [1.54, 1.807) is 12.1 Å². The molecule has 1 aromatic rings. The van der Waals surface area contributed by atoms with Crippen molar-refractivity contribution in [2.75, 3.05) is 6.54 Å². The smallest absolute Gasteiger partial charge is 0.312 e. The fraction of sp³-hybridized carbons (Fsp3) is 0.444. The summed E-state index contributed by atoms with van der Waals surface area (Å²) >= 11 is 5.72. The van der Waals surface area contributed by atoms with Gasteiger partial charge in [0.15, 0.2) is 0 Å². The third-order valence-electron chi connectivity index (χ3n) is 1.74. The Morgan fingerprint density at radius 3 is 2.73 bits per heavy atom. The van der Waals surface area contributed by atoms with Crippen molar-refractivity contribution < 1.29 is 13.2 Å². The number of aromatic nitrogens is 1. The molecule has 0 amide bonds. The van der Waals surface area contributed by atoms with Crippen LogP contribution in [0.4, 0.5) is 13.2 Å². The van der Waals surface area contributed by atoms with Crippen LogP contribution in [0.2, 0.25) is 5.15 Å². The summed E-state index contributed by atoms with van der Waals surface area (Å²) in [5.74, 6) is 0. The Hall–Kier alpha value is -0.810. The molecule has 15 heavy (non-hydrogen) atoms. The Balaban J connectivity index is 2.30. The molecule has 1 heterocycles. The number of halogens is 4. The Morgan fingerprint density at radius 2 is 2.13 bits per heavy atom. The maximum atomic E-state index is 11.8. The molecule has 0 spiro atoms. The minimum atomic E-state index is -4.12. The quantitative estimate of drug-likeness (QED) is 0.645. The number of alkyl halides is 3. The van der Waals surface area contributed by atoms with E-state index in [2.05, 4.69) is 10.3 Å². The van der Waals surface area contributed by atoms with Crippen molar-refractivity contribution in [1.29, 1.82) is 0 Å². The van der Waals surface area contributed by atoms with Crippen molar-refractivity contribution in [1.82, 2.24) is 10.3 Å². The first-order valence-corrected chi connectivity index (χ1v) is 4.74. The van der Waals surface area contributed by atoms with Gasteiger partial charge < -0.3 is 5.32 Å². The number of nitrogens with zero attached hydrogens (tertiary/aromatic N) is 1. The van der Waals surface area contributed by atoms with E-state index >= 15 is 0 Å². The van der Waals surface area contributed by atoms with Crippen LogP contribution < -0.4 is 5.32 Å². The second-order valence-corrected chi connectivity index (χ2v) is 3.35. The molecule has 0 fully saturated rings. The summed E-state index contributed by atoms with van der Waals surface area (Å²) in [4.78, 5) is 3.81. The van der Waals surface area contributed by atoms with Crippen molar-refractivity contribution >= 4 is 11.6 Å². The van der Waals surface area contributed by atoms with Crippen LogP contribution in [0.25, 0.3) is 0 Å². The van der Waals surface area contributed by atoms with Gasteiger partial charge in [0.2, 0.25) is 0 Å². The van der Waals surface area contributed by atoms with E-state index in [0.717, 1.165) is 0 Å². The molecule has 0 unspecified atom stereocenters. The van der Waals surface area contributed by atoms with Gasteiger partial charge in [-0.1, -0.05) is 17.7 Å². The van der Waals surface area contributed by atoms with Crippen LogP contribution in [0.5, 0.6) is 0 Å². The number of nitrogens with one attached hydrogen (secondary N) is 1. The summed E-state index contributed by atoms with van der Waals surface area (Å²) in [6, 6.07) is 3.41. The minimum Gasteiger partial charge on any atom is -0.312 e. The highest BCUT2D eigenvalue weighted by Crippen LogP contribution is 2.18. The van der Waals surface area contributed by atoms with Crippen LogP contribution >= 0.6 is 11.6 Å². The van der Waals surface area contributed by atoms with E-state index < -0.39 is 12.6 Å². The van der Waals surface area contributed by atoms with Gasteiger partial charge in [-0.15, -0.1) is 0 Å². The van der Waals surface area contributed by atoms with Crippen molar-refractivity contribution in [2.45, 2.75) is 19.1 Å². The highest BCUT2D eigenvalue weighted by molar-refractivity contribution is 6.30. The van der Waals surface area contributed by atoms with E-state index in [4.69, 9.17) is 11.6 Å². The highest BCUT2D eigenvalue weighted by Gasteiger charge is 2.25. The molecule has 0 saturated heterocycles. The summed E-state index contributed by atoms with van der Waals surface area (Å²) in [6.07, 6.45) is -3.43. The fourth-order valence-corrected chi connectivity index (χ4v) is 1.19. The molecule has 1 rings (SSSR count). The molecule has 0 atom stereocenters. The van der Waals surface area contributed by atoms with Crippen molar-refractivity contribution in [2.24, 2.45) is 0 Å². The fourth-order valence-electron chi connectivity index (χ4n) is 1.00. The summed E-state index contributed by atoms with van der Waals surface area (Å²) in [5.41, 5.74) is 0.696. The third-order valence-corrected chi connectivity index (χ3v) is 2.08. The lowest BCUT2D eigenvalue weighted by Gasteiger charge is -2.08. The lowest BCUT2D eigenvalue weighted by atomic mass is 10.3. The monoisotopic (exact) mass is 238 g/mol. The van der Waals surface area contributed by atoms with E-state index in [1.165, 1.54) is 6.20 Å². The predicted octanol–water partition coefficient (Wildman–Crippen LogP) is 2.78. The van der Waals surface area contributed by atoms with Gasteiger partial charge >= 0.3 is 6.18 Å². The van der Waals surface area contributed by atoms with E-state index in [-0.39, 0.29) is 6.54 Å². The minimum absolute atomic E-state index is 0.116. The van der Waals surface area contributed by atoms with Crippen LogP contribution in [-0.4, -0.2) is 17.7 Å². The Labute approximate surface area is 90.5 Å². The van der Waals surface area contributed by atoms with Gasteiger partial charge in [-0.2, -0.15) is 13.2 Å². The second kappa shape index (κ2) is 5.32. The SMILES string of the molecule is FC(F)(F)CCNCc1cccnc1Cl. The molecule has 0 aliphatic heterocycles. The lowest BCUT2D eigenvalue weighted by molar-refractivity contribution is -0.133. The van der Waals surface area contributed by atoms with Crippen molar-refractivity contribution in [3.63, 3.8) is 0 Å². The molecule has 84 valence electrons. The largest absolute Gasteiger partial charge is 0.390 e. The normalized spacial score (nSPS) is 11.7. The zero-order valence-electron chi connectivity index (χ0n) is 7.81. The maximum Gasteiger partial charge on any atom is 0.390 e. The molecule has 6 heteroatoms. The van der Waals surface area contributed by atoms with Gasteiger partial charge in [0.05, 0.1) is 6.42 Å². The topological polar surface area (TPSA) is 24.9 Å². The molecule has 0 radical (unpaired) electrons. The first-order chi connectivity index (χ1) is 6.99. The van der Waals surface area contributed by atoms with E-state index in [0.29, 0.717) is 17.3 Å². The Kier molecular flexibility index (Phi) is 4.35. The standard InChI is InChI=1S/C9H10ClF3N2/c10-8-7(2-1-4-15-8)6-14-5-3-9(11,12)13/h1-2,4,14H,3,5-6H2. The van der Waals surface area contributed by atoms with E-state index in [9.17, 15) is 13.2 Å². The highest BCUT2D eigenvalue weighted by atomic mass is 35.5. The summed E-state index contributed by atoms with van der Waals surface area (Å²) < 4.78 is 35.3. The summed E-state index contributed by atoms with van der Waals surface area (Å²) in [6.45, 7) is 0.178. The van der Waals surface area contributed by atoms with Gasteiger partial charge in [0, 0.05) is 24.8 Å². The molecule has 1 aromatic heterocycles. The maximum absolute atomic E-state index is 11.8. The van der Waals surface area contributed by atoms with Gasteiger partial charge in [-0.3, -0.25) is 0 Å². The average Bonchev–Trinajstić information content (AvgIpc) is 2.13. The molecule has 1 N–H and O–H groups in total. The Bertz CT molecular complexity index is 314. The van der Waals surface area contributed by atoms with Crippen LogP contribution in [-0.2, 0) is 6.54 Å². The summed E-state index contributed by atoms with van der Waals surface area (Å²) in [7, 11) is 0. The molecule has 0 aliphatic carbocycles.